The zero-order valence-corrected chi connectivity index (χ0v) is 11.6. The van der Waals surface area contributed by atoms with Gasteiger partial charge >= 0.3 is 0 Å². The van der Waals surface area contributed by atoms with Crippen LogP contribution in [0.3, 0.4) is 0 Å². The molecule has 2 aromatic carbocycles. The van der Waals surface area contributed by atoms with Crippen LogP contribution in [-0.4, -0.2) is 21.4 Å². The van der Waals surface area contributed by atoms with Crippen LogP contribution in [-0.2, 0) is 0 Å². The molecular formula is C13H9BrN2O4. The highest BCUT2D eigenvalue weighted by molar-refractivity contribution is 9.10. The molecule has 0 spiro atoms. The number of benzene rings is 2. The SMILES string of the molecule is O=[N+]([O-])c1cc(Br)c(O)c(C=Nc2cccc(O)c2)c1. The van der Waals surface area contributed by atoms with E-state index in [1.165, 1.54) is 30.5 Å². The summed E-state index contributed by atoms with van der Waals surface area (Å²) in [6.45, 7) is 0. The number of hydrogen-bond donors (Lipinski definition) is 2. The van der Waals surface area contributed by atoms with Crippen molar-refractivity contribution in [2.45, 2.75) is 0 Å². The zero-order chi connectivity index (χ0) is 14.7. The van der Waals surface area contributed by atoms with E-state index < -0.39 is 4.92 Å². The molecule has 0 atom stereocenters. The predicted molar refractivity (Wildman–Crippen MR) is 77.8 cm³/mol. The summed E-state index contributed by atoms with van der Waals surface area (Å²) in [6.07, 6.45) is 1.29. The lowest BCUT2D eigenvalue weighted by Crippen LogP contribution is -1.91. The van der Waals surface area contributed by atoms with Crippen molar-refractivity contribution < 1.29 is 15.1 Å². The van der Waals surface area contributed by atoms with Crippen LogP contribution in [0, 0.1) is 10.1 Å². The van der Waals surface area contributed by atoms with Crippen molar-refractivity contribution in [1.82, 2.24) is 0 Å². The van der Waals surface area contributed by atoms with Gasteiger partial charge in [0.25, 0.3) is 5.69 Å². The second-order valence-electron chi connectivity index (χ2n) is 3.90. The molecule has 0 saturated heterocycles. The first-order valence-electron chi connectivity index (χ1n) is 5.47. The lowest BCUT2D eigenvalue weighted by molar-refractivity contribution is -0.385. The Morgan fingerprint density at radius 1 is 1.25 bits per heavy atom. The molecular weight excluding hydrogens is 328 g/mol. The monoisotopic (exact) mass is 336 g/mol. The molecule has 2 rings (SSSR count). The van der Waals surface area contributed by atoms with E-state index in [9.17, 15) is 20.3 Å². The highest BCUT2D eigenvalue weighted by atomic mass is 79.9. The van der Waals surface area contributed by atoms with Crippen molar-refractivity contribution in [3.05, 3.63) is 56.5 Å². The van der Waals surface area contributed by atoms with E-state index in [1.807, 2.05) is 0 Å². The largest absolute Gasteiger partial charge is 0.508 e. The number of halogens is 1. The Morgan fingerprint density at radius 3 is 2.65 bits per heavy atom. The van der Waals surface area contributed by atoms with Crippen LogP contribution in [0.25, 0.3) is 0 Å². The van der Waals surface area contributed by atoms with Gasteiger partial charge < -0.3 is 10.2 Å². The summed E-state index contributed by atoms with van der Waals surface area (Å²) < 4.78 is 0.212. The van der Waals surface area contributed by atoms with Crippen LogP contribution < -0.4 is 0 Å². The van der Waals surface area contributed by atoms with E-state index in [4.69, 9.17) is 0 Å². The van der Waals surface area contributed by atoms with Gasteiger partial charge in [0.05, 0.1) is 15.1 Å². The van der Waals surface area contributed by atoms with Gasteiger partial charge in [-0.3, -0.25) is 15.1 Å². The van der Waals surface area contributed by atoms with E-state index in [0.717, 1.165) is 0 Å². The molecule has 0 aliphatic heterocycles. The number of phenols is 2. The normalized spacial score (nSPS) is 10.8. The number of rotatable bonds is 3. The summed E-state index contributed by atoms with van der Waals surface area (Å²) in [4.78, 5) is 14.3. The Labute approximate surface area is 122 Å². The van der Waals surface area contributed by atoms with E-state index >= 15 is 0 Å². The van der Waals surface area contributed by atoms with Gasteiger partial charge in [-0.1, -0.05) is 6.07 Å². The number of phenolic OH excluding ortho intramolecular Hbond substituents is 2. The average molecular weight is 337 g/mol. The number of aromatic hydroxyl groups is 2. The summed E-state index contributed by atoms with van der Waals surface area (Å²) in [5.74, 6) is -0.0800. The van der Waals surface area contributed by atoms with Gasteiger partial charge in [-0.2, -0.15) is 0 Å². The fraction of sp³-hybridized carbons (Fsp3) is 0. The van der Waals surface area contributed by atoms with Gasteiger partial charge in [-0.15, -0.1) is 0 Å². The Morgan fingerprint density at radius 2 is 2.00 bits per heavy atom. The summed E-state index contributed by atoms with van der Waals surface area (Å²) in [7, 11) is 0. The molecule has 2 aromatic rings. The zero-order valence-electron chi connectivity index (χ0n) is 10.0. The molecule has 0 amide bonds. The van der Waals surface area contributed by atoms with Crippen LogP contribution in [0.2, 0.25) is 0 Å². The molecule has 0 heterocycles. The van der Waals surface area contributed by atoms with Crippen molar-refractivity contribution >= 4 is 33.5 Å². The molecule has 2 N–H and O–H groups in total. The minimum atomic E-state index is -0.560. The van der Waals surface area contributed by atoms with E-state index in [0.29, 0.717) is 5.69 Å². The van der Waals surface area contributed by atoms with Crippen molar-refractivity contribution in [2.24, 2.45) is 4.99 Å². The minimum absolute atomic E-state index is 0.0593. The molecule has 20 heavy (non-hydrogen) atoms. The van der Waals surface area contributed by atoms with Gasteiger partial charge in [0.1, 0.15) is 11.5 Å². The molecule has 0 bridgehead atoms. The molecule has 0 aliphatic rings. The van der Waals surface area contributed by atoms with E-state index in [2.05, 4.69) is 20.9 Å². The maximum atomic E-state index is 10.8. The highest BCUT2D eigenvalue weighted by Gasteiger charge is 2.13. The van der Waals surface area contributed by atoms with Crippen molar-refractivity contribution in [2.75, 3.05) is 0 Å². The fourth-order valence-corrected chi connectivity index (χ4v) is 1.99. The molecule has 0 unspecified atom stereocenters. The smallest absolute Gasteiger partial charge is 0.271 e. The number of aliphatic imine (C=N–C) groups is 1. The lowest BCUT2D eigenvalue weighted by atomic mass is 10.2. The Balaban J connectivity index is 2.40. The Hall–Kier alpha value is -2.41. The maximum absolute atomic E-state index is 10.8. The molecule has 102 valence electrons. The predicted octanol–water partition coefficient (Wildman–Crippen LogP) is 3.52. The second kappa shape index (κ2) is 5.70. The third kappa shape index (κ3) is 3.12. The molecule has 0 fully saturated rings. The summed E-state index contributed by atoms with van der Waals surface area (Å²) >= 11 is 3.05. The third-order valence-electron chi connectivity index (χ3n) is 2.47. The van der Waals surface area contributed by atoms with Crippen LogP contribution in [0.5, 0.6) is 11.5 Å². The number of nitro benzene ring substituents is 1. The first kappa shape index (κ1) is 14.0. The van der Waals surface area contributed by atoms with Gasteiger partial charge in [0.15, 0.2) is 0 Å². The fourth-order valence-electron chi connectivity index (χ4n) is 1.53. The van der Waals surface area contributed by atoms with E-state index in [-0.39, 0.29) is 27.2 Å². The highest BCUT2D eigenvalue weighted by Crippen LogP contribution is 2.32. The Bertz CT molecular complexity index is 701. The van der Waals surface area contributed by atoms with Gasteiger partial charge in [0, 0.05) is 30.0 Å². The third-order valence-corrected chi connectivity index (χ3v) is 3.08. The molecule has 0 saturated carbocycles. The van der Waals surface area contributed by atoms with Gasteiger partial charge in [0.2, 0.25) is 0 Å². The maximum Gasteiger partial charge on any atom is 0.271 e. The summed E-state index contributed by atoms with van der Waals surface area (Å²) in [5.41, 5.74) is 0.508. The Kier molecular flexibility index (Phi) is 3.99. The molecule has 7 heteroatoms. The van der Waals surface area contributed by atoms with Crippen molar-refractivity contribution in [3.63, 3.8) is 0 Å². The quantitative estimate of drug-likeness (QED) is 0.509. The number of nitro groups is 1. The first-order chi connectivity index (χ1) is 9.47. The van der Waals surface area contributed by atoms with Crippen LogP contribution >= 0.6 is 15.9 Å². The molecule has 0 aliphatic carbocycles. The average Bonchev–Trinajstić information content (AvgIpc) is 2.40. The van der Waals surface area contributed by atoms with E-state index in [1.54, 1.807) is 12.1 Å². The standard InChI is InChI=1S/C13H9BrN2O4/c14-12-6-10(16(19)20)4-8(13(12)18)7-15-9-2-1-3-11(17)5-9/h1-7,17-18H. The topological polar surface area (TPSA) is 96.0 Å². The van der Waals surface area contributed by atoms with Crippen LogP contribution in [0.1, 0.15) is 5.56 Å². The van der Waals surface area contributed by atoms with Gasteiger partial charge in [-0.05, 0) is 28.1 Å². The summed E-state index contributed by atoms with van der Waals surface area (Å²) in [5, 5.41) is 29.9. The van der Waals surface area contributed by atoms with Crippen molar-refractivity contribution in [1.29, 1.82) is 0 Å². The number of hydrogen-bond acceptors (Lipinski definition) is 5. The van der Waals surface area contributed by atoms with Crippen molar-refractivity contribution in [3.8, 4) is 11.5 Å². The van der Waals surface area contributed by atoms with Crippen LogP contribution in [0.4, 0.5) is 11.4 Å². The first-order valence-corrected chi connectivity index (χ1v) is 6.26. The van der Waals surface area contributed by atoms with Gasteiger partial charge in [-0.25, -0.2) is 0 Å². The second-order valence-corrected chi connectivity index (χ2v) is 4.75. The number of nitrogens with zero attached hydrogens (tertiary/aromatic N) is 2. The molecule has 0 aromatic heterocycles. The molecule has 6 nitrogen and oxygen atoms in total. The molecule has 0 radical (unpaired) electrons. The van der Waals surface area contributed by atoms with Crippen LogP contribution in [0.15, 0.2) is 45.9 Å². The summed E-state index contributed by atoms with van der Waals surface area (Å²) in [6, 6.07) is 8.62. The number of non-ortho nitro benzene ring substituents is 1. The lowest BCUT2D eigenvalue weighted by Gasteiger charge is -2.02. The minimum Gasteiger partial charge on any atom is -0.508 e.